The first kappa shape index (κ1) is 18.8. The van der Waals surface area contributed by atoms with Crippen molar-refractivity contribution >= 4 is 11.9 Å². The smallest absolute Gasteiger partial charge is 0.335 e. The van der Waals surface area contributed by atoms with Crippen molar-refractivity contribution < 1.29 is 14.7 Å². The molecule has 1 amide bonds. The van der Waals surface area contributed by atoms with Gasteiger partial charge in [-0.15, -0.1) is 10.2 Å². The van der Waals surface area contributed by atoms with E-state index in [1.54, 1.807) is 12.1 Å². The molecule has 1 saturated carbocycles. The molecule has 142 valence electrons. The van der Waals surface area contributed by atoms with Crippen LogP contribution in [0.3, 0.4) is 0 Å². The third-order valence-corrected chi connectivity index (χ3v) is 4.91. The molecular formula is C19H22N4O4. The number of carboxylic acid groups (broad SMARTS) is 1. The minimum Gasteiger partial charge on any atom is -0.478 e. The number of aromatic carboxylic acids is 1. The highest BCUT2D eigenvalue weighted by Gasteiger charge is 2.26. The van der Waals surface area contributed by atoms with Crippen LogP contribution in [-0.2, 0) is 4.79 Å². The molecule has 1 aromatic carbocycles. The fourth-order valence-corrected chi connectivity index (χ4v) is 3.32. The second-order valence-electron chi connectivity index (χ2n) is 6.72. The molecule has 8 nitrogen and oxygen atoms in total. The third kappa shape index (κ3) is 4.21. The zero-order valence-electron chi connectivity index (χ0n) is 15.1. The number of carbonyl (C=O) groups excluding carboxylic acids is 1. The molecule has 0 aliphatic heterocycles. The second-order valence-corrected chi connectivity index (χ2v) is 6.72. The molecule has 3 N–H and O–H groups in total. The van der Waals surface area contributed by atoms with Crippen molar-refractivity contribution in [3.8, 4) is 11.4 Å². The van der Waals surface area contributed by atoms with Gasteiger partial charge in [0, 0.05) is 11.5 Å². The summed E-state index contributed by atoms with van der Waals surface area (Å²) in [5.41, 5.74) is 0.459. The largest absolute Gasteiger partial charge is 0.478 e. The van der Waals surface area contributed by atoms with E-state index in [1.165, 1.54) is 12.1 Å². The molecule has 27 heavy (non-hydrogen) atoms. The molecule has 1 aromatic heterocycles. The average Bonchev–Trinajstić information content (AvgIpc) is 3.21. The molecular weight excluding hydrogens is 348 g/mol. The SMILES string of the molecule is CCC(NC(=O)C1CCCC1)c1nnc(-c2ccc(C(=O)O)cc2)[nH]c1=O. The lowest BCUT2D eigenvalue weighted by Crippen LogP contribution is -2.36. The van der Waals surface area contributed by atoms with Gasteiger partial charge in [0.25, 0.3) is 5.56 Å². The number of benzene rings is 1. The van der Waals surface area contributed by atoms with Crippen LogP contribution in [-0.4, -0.2) is 32.2 Å². The summed E-state index contributed by atoms with van der Waals surface area (Å²) in [7, 11) is 0. The Morgan fingerprint density at radius 3 is 2.44 bits per heavy atom. The highest BCUT2D eigenvalue weighted by atomic mass is 16.4. The van der Waals surface area contributed by atoms with E-state index in [0.717, 1.165) is 25.7 Å². The van der Waals surface area contributed by atoms with Crippen molar-refractivity contribution in [2.45, 2.75) is 45.1 Å². The van der Waals surface area contributed by atoms with Crippen molar-refractivity contribution in [2.75, 3.05) is 0 Å². The van der Waals surface area contributed by atoms with E-state index in [-0.39, 0.29) is 28.9 Å². The monoisotopic (exact) mass is 370 g/mol. The van der Waals surface area contributed by atoms with Crippen LogP contribution in [0.4, 0.5) is 0 Å². The van der Waals surface area contributed by atoms with E-state index in [2.05, 4.69) is 20.5 Å². The van der Waals surface area contributed by atoms with Gasteiger partial charge in [-0.3, -0.25) is 9.59 Å². The maximum absolute atomic E-state index is 12.5. The van der Waals surface area contributed by atoms with Crippen molar-refractivity contribution in [3.05, 3.63) is 45.9 Å². The number of nitrogens with zero attached hydrogens (tertiary/aromatic N) is 2. The predicted molar refractivity (Wildman–Crippen MR) is 98.2 cm³/mol. The highest BCUT2D eigenvalue weighted by molar-refractivity contribution is 5.88. The minimum atomic E-state index is -1.03. The van der Waals surface area contributed by atoms with Gasteiger partial charge >= 0.3 is 5.97 Å². The third-order valence-electron chi connectivity index (χ3n) is 4.91. The maximum atomic E-state index is 12.5. The molecule has 3 rings (SSSR count). The summed E-state index contributed by atoms with van der Waals surface area (Å²) in [6.45, 7) is 1.87. The van der Waals surface area contributed by atoms with Gasteiger partial charge in [-0.2, -0.15) is 0 Å². The number of aromatic nitrogens is 3. The Morgan fingerprint density at radius 1 is 1.22 bits per heavy atom. The van der Waals surface area contributed by atoms with Crippen LogP contribution >= 0.6 is 0 Å². The Kier molecular flexibility index (Phi) is 5.63. The summed E-state index contributed by atoms with van der Waals surface area (Å²) in [5, 5.41) is 20.0. The van der Waals surface area contributed by atoms with Crippen LogP contribution in [0.5, 0.6) is 0 Å². The first-order valence-corrected chi connectivity index (χ1v) is 9.10. The molecule has 8 heteroatoms. The number of H-pyrrole nitrogens is 1. The lowest BCUT2D eigenvalue weighted by molar-refractivity contribution is -0.125. The predicted octanol–water partition coefficient (Wildman–Crippen LogP) is 2.29. The number of nitrogens with one attached hydrogen (secondary N) is 2. The average molecular weight is 370 g/mol. The van der Waals surface area contributed by atoms with Crippen molar-refractivity contribution in [1.82, 2.24) is 20.5 Å². The fraction of sp³-hybridized carbons (Fsp3) is 0.421. The number of hydrogen-bond donors (Lipinski definition) is 3. The number of rotatable bonds is 6. The standard InChI is InChI=1S/C19H22N4O4/c1-2-14(20-17(24)12-5-3-4-6-12)15-18(25)21-16(23-22-15)11-7-9-13(10-8-11)19(26)27/h7-10,12,14H,2-6H2,1H3,(H,20,24)(H,26,27)(H,21,23,25). The fourth-order valence-electron chi connectivity index (χ4n) is 3.32. The molecule has 1 heterocycles. The second kappa shape index (κ2) is 8.11. The lowest BCUT2D eigenvalue weighted by Gasteiger charge is -2.18. The van der Waals surface area contributed by atoms with E-state index in [1.807, 2.05) is 6.92 Å². The summed E-state index contributed by atoms with van der Waals surface area (Å²) < 4.78 is 0. The Balaban J connectivity index is 1.79. The van der Waals surface area contributed by atoms with Crippen molar-refractivity contribution in [3.63, 3.8) is 0 Å². The number of carboxylic acids is 1. The van der Waals surface area contributed by atoms with Crippen LogP contribution < -0.4 is 10.9 Å². The summed E-state index contributed by atoms with van der Waals surface area (Å²) in [5.74, 6) is -0.801. The molecule has 1 fully saturated rings. The normalized spacial score (nSPS) is 15.4. The Morgan fingerprint density at radius 2 is 1.89 bits per heavy atom. The van der Waals surface area contributed by atoms with E-state index < -0.39 is 17.6 Å². The van der Waals surface area contributed by atoms with Gasteiger partial charge < -0.3 is 15.4 Å². The first-order valence-electron chi connectivity index (χ1n) is 9.10. The number of amides is 1. The highest BCUT2D eigenvalue weighted by Crippen LogP contribution is 2.25. The van der Waals surface area contributed by atoms with Crippen molar-refractivity contribution in [1.29, 1.82) is 0 Å². The summed E-state index contributed by atoms with van der Waals surface area (Å²) in [6, 6.07) is 5.49. The minimum absolute atomic E-state index is 0.0121. The van der Waals surface area contributed by atoms with Gasteiger partial charge in [0.1, 0.15) is 0 Å². The molecule has 2 aromatic rings. The first-order chi connectivity index (χ1) is 13.0. The van der Waals surface area contributed by atoms with Crippen LogP contribution in [0.2, 0.25) is 0 Å². The molecule has 0 bridgehead atoms. The summed E-state index contributed by atoms with van der Waals surface area (Å²) >= 11 is 0. The van der Waals surface area contributed by atoms with Gasteiger partial charge in [0.2, 0.25) is 5.91 Å². The maximum Gasteiger partial charge on any atom is 0.335 e. The number of aromatic amines is 1. The number of carbonyl (C=O) groups is 2. The molecule has 1 atom stereocenters. The van der Waals surface area contributed by atoms with E-state index >= 15 is 0 Å². The van der Waals surface area contributed by atoms with Gasteiger partial charge in [0.05, 0.1) is 11.6 Å². The number of hydrogen-bond acceptors (Lipinski definition) is 5. The molecule has 1 aliphatic carbocycles. The summed E-state index contributed by atoms with van der Waals surface area (Å²) in [6.07, 6.45) is 4.42. The molecule has 0 saturated heterocycles. The molecule has 0 radical (unpaired) electrons. The van der Waals surface area contributed by atoms with Crippen LogP contribution in [0, 0.1) is 5.92 Å². The molecule has 1 aliphatic rings. The Hall–Kier alpha value is -3.03. The van der Waals surface area contributed by atoms with E-state index in [4.69, 9.17) is 5.11 Å². The van der Waals surface area contributed by atoms with E-state index in [9.17, 15) is 14.4 Å². The Bertz CT molecular complexity index is 885. The molecule has 1 unspecified atom stereocenters. The van der Waals surface area contributed by atoms with Gasteiger partial charge in [-0.25, -0.2) is 4.79 Å². The molecule has 0 spiro atoms. The zero-order chi connectivity index (χ0) is 19.4. The van der Waals surface area contributed by atoms with Crippen LogP contribution in [0.25, 0.3) is 11.4 Å². The van der Waals surface area contributed by atoms with Crippen LogP contribution in [0.1, 0.15) is 61.1 Å². The van der Waals surface area contributed by atoms with Gasteiger partial charge in [0.15, 0.2) is 11.5 Å². The summed E-state index contributed by atoms with van der Waals surface area (Å²) in [4.78, 5) is 38.4. The van der Waals surface area contributed by atoms with Gasteiger partial charge in [-0.05, 0) is 31.4 Å². The Labute approximate surface area is 156 Å². The van der Waals surface area contributed by atoms with Crippen molar-refractivity contribution in [2.24, 2.45) is 5.92 Å². The topological polar surface area (TPSA) is 125 Å². The lowest BCUT2D eigenvalue weighted by atomic mass is 10.1. The van der Waals surface area contributed by atoms with Gasteiger partial charge in [-0.1, -0.05) is 31.9 Å². The quantitative estimate of drug-likeness (QED) is 0.716. The zero-order valence-corrected chi connectivity index (χ0v) is 15.1. The van der Waals surface area contributed by atoms with Crippen LogP contribution in [0.15, 0.2) is 29.1 Å². The van der Waals surface area contributed by atoms with E-state index in [0.29, 0.717) is 12.0 Å².